The Labute approximate surface area is 116 Å². The molecule has 0 spiro atoms. The van der Waals surface area contributed by atoms with Crippen LogP contribution in [-0.2, 0) is 11.2 Å². The topological polar surface area (TPSA) is 32.3 Å². The number of likely N-dealkylation sites (tertiary alicyclic amines) is 1. The third-order valence-corrected chi connectivity index (χ3v) is 3.82. The van der Waals surface area contributed by atoms with Crippen LogP contribution in [0.3, 0.4) is 0 Å². The van der Waals surface area contributed by atoms with E-state index < -0.39 is 0 Å². The van der Waals surface area contributed by atoms with Gasteiger partial charge in [0.15, 0.2) is 0 Å². The Morgan fingerprint density at radius 1 is 1.21 bits per heavy atom. The summed E-state index contributed by atoms with van der Waals surface area (Å²) in [5.74, 6) is 0.254. The standard InChI is InChI=1S/C16H24N2O/c1-14-7-3-4-8-15(14)9-10-17-13-16(19)18-11-5-2-6-12-18/h3-4,7-8,17H,2,5-6,9-13H2,1H3. The Morgan fingerprint density at radius 3 is 2.68 bits per heavy atom. The molecule has 1 aromatic carbocycles. The molecule has 1 aliphatic rings. The van der Waals surface area contributed by atoms with Crippen LogP contribution in [0.1, 0.15) is 30.4 Å². The Hall–Kier alpha value is -1.35. The average molecular weight is 260 g/mol. The highest BCUT2D eigenvalue weighted by Gasteiger charge is 2.15. The summed E-state index contributed by atoms with van der Waals surface area (Å²) in [7, 11) is 0. The summed E-state index contributed by atoms with van der Waals surface area (Å²) < 4.78 is 0. The van der Waals surface area contributed by atoms with E-state index in [0.717, 1.165) is 38.9 Å². The first-order chi connectivity index (χ1) is 9.27. The maximum Gasteiger partial charge on any atom is 0.236 e. The van der Waals surface area contributed by atoms with E-state index in [1.54, 1.807) is 0 Å². The number of nitrogens with one attached hydrogen (secondary N) is 1. The monoisotopic (exact) mass is 260 g/mol. The lowest BCUT2D eigenvalue weighted by molar-refractivity contribution is -0.131. The number of nitrogens with zero attached hydrogens (tertiary/aromatic N) is 1. The lowest BCUT2D eigenvalue weighted by atomic mass is 10.1. The minimum absolute atomic E-state index is 0.254. The fourth-order valence-corrected chi connectivity index (χ4v) is 2.56. The van der Waals surface area contributed by atoms with Crippen molar-refractivity contribution in [2.75, 3.05) is 26.2 Å². The Morgan fingerprint density at radius 2 is 1.95 bits per heavy atom. The minimum atomic E-state index is 0.254. The largest absolute Gasteiger partial charge is 0.342 e. The molecule has 0 radical (unpaired) electrons. The van der Waals surface area contributed by atoms with Crippen molar-refractivity contribution in [3.63, 3.8) is 0 Å². The van der Waals surface area contributed by atoms with Gasteiger partial charge in [-0.15, -0.1) is 0 Å². The van der Waals surface area contributed by atoms with Crippen LogP contribution in [-0.4, -0.2) is 37.0 Å². The number of amides is 1. The van der Waals surface area contributed by atoms with Crippen LogP contribution < -0.4 is 5.32 Å². The molecule has 19 heavy (non-hydrogen) atoms. The van der Waals surface area contributed by atoms with Gasteiger partial charge in [0.2, 0.25) is 5.91 Å². The molecule has 0 bridgehead atoms. The van der Waals surface area contributed by atoms with E-state index in [-0.39, 0.29) is 5.91 Å². The summed E-state index contributed by atoms with van der Waals surface area (Å²) in [5.41, 5.74) is 2.69. The normalized spacial score (nSPS) is 15.5. The molecule has 1 aromatic rings. The van der Waals surface area contributed by atoms with Gasteiger partial charge >= 0.3 is 0 Å². The van der Waals surface area contributed by atoms with Crippen LogP contribution in [0.5, 0.6) is 0 Å². The predicted octanol–water partition coefficient (Wildman–Crippen LogP) is 2.14. The van der Waals surface area contributed by atoms with Crippen molar-refractivity contribution in [3.05, 3.63) is 35.4 Å². The summed E-state index contributed by atoms with van der Waals surface area (Å²) in [4.78, 5) is 13.9. The second-order valence-corrected chi connectivity index (χ2v) is 5.29. The zero-order valence-corrected chi connectivity index (χ0v) is 11.8. The van der Waals surface area contributed by atoms with Crippen molar-refractivity contribution >= 4 is 5.91 Å². The van der Waals surface area contributed by atoms with E-state index >= 15 is 0 Å². The van der Waals surface area contributed by atoms with E-state index in [9.17, 15) is 4.79 Å². The minimum Gasteiger partial charge on any atom is -0.342 e. The van der Waals surface area contributed by atoms with Gasteiger partial charge in [-0.3, -0.25) is 4.79 Å². The molecular weight excluding hydrogens is 236 g/mol. The van der Waals surface area contributed by atoms with Gasteiger partial charge in [-0.05, 0) is 50.3 Å². The van der Waals surface area contributed by atoms with Crippen molar-refractivity contribution in [1.29, 1.82) is 0 Å². The zero-order chi connectivity index (χ0) is 13.5. The molecule has 2 rings (SSSR count). The van der Waals surface area contributed by atoms with E-state index in [1.165, 1.54) is 17.5 Å². The van der Waals surface area contributed by atoms with Gasteiger partial charge in [0.1, 0.15) is 0 Å². The molecule has 1 saturated heterocycles. The fraction of sp³-hybridized carbons (Fsp3) is 0.562. The number of benzene rings is 1. The highest BCUT2D eigenvalue weighted by atomic mass is 16.2. The number of piperidine rings is 1. The maximum absolute atomic E-state index is 11.9. The van der Waals surface area contributed by atoms with Gasteiger partial charge in [-0.25, -0.2) is 0 Å². The first-order valence-corrected chi connectivity index (χ1v) is 7.30. The first kappa shape index (κ1) is 14.1. The molecule has 0 aliphatic carbocycles. The Kier molecular flexibility index (Phi) is 5.40. The van der Waals surface area contributed by atoms with Crippen molar-refractivity contribution < 1.29 is 4.79 Å². The second-order valence-electron chi connectivity index (χ2n) is 5.29. The molecule has 0 aromatic heterocycles. The average Bonchev–Trinajstić information content (AvgIpc) is 2.46. The van der Waals surface area contributed by atoms with Crippen molar-refractivity contribution in [2.45, 2.75) is 32.6 Å². The second kappa shape index (κ2) is 7.29. The number of carbonyl (C=O) groups is 1. The summed E-state index contributed by atoms with van der Waals surface area (Å²) >= 11 is 0. The van der Waals surface area contributed by atoms with Crippen molar-refractivity contribution in [1.82, 2.24) is 10.2 Å². The van der Waals surface area contributed by atoms with E-state index in [0.29, 0.717) is 6.54 Å². The van der Waals surface area contributed by atoms with Gasteiger partial charge in [-0.1, -0.05) is 24.3 Å². The van der Waals surface area contributed by atoms with Crippen LogP contribution in [0.15, 0.2) is 24.3 Å². The Balaban J connectivity index is 1.66. The van der Waals surface area contributed by atoms with Crippen LogP contribution in [0.4, 0.5) is 0 Å². The van der Waals surface area contributed by atoms with Crippen LogP contribution >= 0.6 is 0 Å². The number of aryl methyl sites for hydroxylation is 1. The van der Waals surface area contributed by atoms with Crippen LogP contribution in [0, 0.1) is 6.92 Å². The highest BCUT2D eigenvalue weighted by Crippen LogP contribution is 2.08. The van der Waals surface area contributed by atoms with Gasteiger partial charge in [0, 0.05) is 13.1 Å². The summed E-state index contributed by atoms with van der Waals surface area (Å²) in [6, 6.07) is 8.42. The fourth-order valence-electron chi connectivity index (χ4n) is 2.56. The quantitative estimate of drug-likeness (QED) is 0.823. The summed E-state index contributed by atoms with van der Waals surface area (Å²) in [5, 5.41) is 3.27. The van der Waals surface area contributed by atoms with Crippen molar-refractivity contribution in [3.8, 4) is 0 Å². The molecule has 1 N–H and O–H groups in total. The SMILES string of the molecule is Cc1ccccc1CCNCC(=O)N1CCCCC1. The lowest BCUT2D eigenvalue weighted by Crippen LogP contribution is -2.41. The van der Waals surface area contributed by atoms with E-state index in [2.05, 4.69) is 36.5 Å². The maximum atomic E-state index is 11.9. The van der Waals surface area contributed by atoms with E-state index in [4.69, 9.17) is 0 Å². The molecule has 0 atom stereocenters. The van der Waals surface area contributed by atoms with Gasteiger partial charge < -0.3 is 10.2 Å². The van der Waals surface area contributed by atoms with Gasteiger partial charge in [0.25, 0.3) is 0 Å². The molecule has 0 unspecified atom stereocenters. The molecule has 104 valence electrons. The summed E-state index contributed by atoms with van der Waals surface area (Å²) in [6.07, 6.45) is 4.58. The van der Waals surface area contributed by atoms with Gasteiger partial charge in [-0.2, -0.15) is 0 Å². The molecule has 3 nitrogen and oxygen atoms in total. The van der Waals surface area contributed by atoms with Crippen molar-refractivity contribution in [2.24, 2.45) is 0 Å². The first-order valence-electron chi connectivity index (χ1n) is 7.30. The molecule has 1 fully saturated rings. The molecule has 1 heterocycles. The number of hydrogen-bond acceptors (Lipinski definition) is 2. The molecule has 0 saturated carbocycles. The predicted molar refractivity (Wildman–Crippen MR) is 78.2 cm³/mol. The molecule has 1 aliphatic heterocycles. The summed E-state index contributed by atoms with van der Waals surface area (Å²) in [6.45, 7) is 5.36. The third-order valence-electron chi connectivity index (χ3n) is 3.82. The number of hydrogen-bond donors (Lipinski definition) is 1. The van der Waals surface area contributed by atoms with Crippen LogP contribution in [0.25, 0.3) is 0 Å². The molecule has 1 amide bonds. The smallest absolute Gasteiger partial charge is 0.236 e. The zero-order valence-electron chi connectivity index (χ0n) is 11.8. The third kappa shape index (κ3) is 4.35. The lowest BCUT2D eigenvalue weighted by Gasteiger charge is -2.26. The van der Waals surface area contributed by atoms with Gasteiger partial charge in [0.05, 0.1) is 6.54 Å². The highest BCUT2D eigenvalue weighted by molar-refractivity contribution is 5.78. The number of carbonyl (C=O) groups excluding carboxylic acids is 1. The Bertz CT molecular complexity index is 411. The van der Waals surface area contributed by atoms with Crippen LogP contribution in [0.2, 0.25) is 0 Å². The number of rotatable bonds is 5. The molecular formula is C16H24N2O. The molecule has 3 heteroatoms. The van der Waals surface area contributed by atoms with E-state index in [1.807, 2.05) is 4.90 Å².